The summed E-state index contributed by atoms with van der Waals surface area (Å²) in [7, 11) is 0. The minimum atomic E-state index is 0.169. The maximum Gasteiger partial charge on any atom is 0.220 e. The molecule has 0 bridgehead atoms. The Hall–Kier alpha value is -0.690. The Morgan fingerprint density at radius 1 is 0.917 bits per heavy atom. The summed E-state index contributed by atoms with van der Waals surface area (Å²) in [5.41, 5.74) is 5.92. The lowest BCUT2D eigenvalue weighted by atomic mass is 9.62. The van der Waals surface area contributed by atoms with E-state index in [2.05, 4.69) is 39.9 Å². The summed E-state index contributed by atoms with van der Waals surface area (Å²) in [6.45, 7) is 17.1. The van der Waals surface area contributed by atoms with Gasteiger partial charge in [0.25, 0.3) is 0 Å². The van der Waals surface area contributed by atoms with E-state index in [9.17, 15) is 4.79 Å². The van der Waals surface area contributed by atoms with E-state index >= 15 is 0 Å². The van der Waals surface area contributed by atoms with Crippen LogP contribution in [-0.4, -0.2) is 58.6 Å². The topological polar surface area (TPSA) is 82.8 Å². The third kappa shape index (κ3) is 16.2. The molecule has 0 aromatic rings. The van der Waals surface area contributed by atoms with Crippen molar-refractivity contribution in [1.29, 1.82) is 0 Å². The Morgan fingerprint density at radius 3 is 2.17 bits per heavy atom. The van der Waals surface area contributed by atoms with Crippen LogP contribution in [-0.2, 0) is 19.0 Å². The highest BCUT2D eigenvalue weighted by atomic mass is 16.5. The van der Waals surface area contributed by atoms with E-state index in [-0.39, 0.29) is 5.91 Å². The van der Waals surface area contributed by atoms with E-state index in [1.807, 2.05) is 0 Å². The molecule has 1 aliphatic carbocycles. The first-order chi connectivity index (χ1) is 17.3. The standard InChI is InChI=1S/C30H60N2O4/c1-25(13-14-28-27(3)12-7-15-30(28,4)5)10-6-11-26(2)24-29(33)32-17-9-19-35-21-23-36-22-20-34-18-8-16-31/h25-28H,6-24,31H2,1-5H3,(H,32,33). The number of rotatable bonds is 22. The highest BCUT2D eigenvalue weighted by Gasteiger charge is 2.36. The van der Waals surface area contributed by atoms with Crippen LogP contribution >= 0.6 is 0 Å². The van der Waals surface area contributed by atoms with Crippen LogP contribution in [0, 0.1) is 29.1 Å². The van der Waals surface area contributed by atoms with E-state index in [0.717, 1.165) is 37.0 Å². The zero-order chi connectivity index (χ0) is 26.7. The van der Waals surface area contributed by atoms with Gasteiger partial charge in [-0.05, 0) is 61.3 Å². The number of nitrogens with two attached hydrogens (primary N) is 1. The fourth-order valence-electron chi connectivity index (χ4n) is 5.75. The molecule has 1 fully saturated rings. The molecular formula is C30H60N2O4. The molecule has 3 N–H and O–H groups in total. The van der Waals surface area contributed by atoms with Gasteiger partial charge in [0.2, 0.25) is 5.91 Å². The van der Waals surface area contributed by atoms with Crippen molar-refractivity contribution in [2.24, 2.45) is 34.8 Å². The van der Waals surface area contributed by atoms with Gasteiger partial charge < -0.3 is 25.3 Å². The van der Waals surface area contributed by atoms with Crippen molar-refractivity contribution in [2.45, 2.75) is 105 Å². The first kappa shape index (κ1) is 33.3. The summed E-state index contributed by atoms with van der Waals surface area (Å²) < 4.78 is 16.4. The highest BCUT2D eigenvalue weighted by molar-refractivity contribution is 5.76. The molecule has 4 atom stereocenters. The molecule has 214 valence electrons. The third-order valence-corrected chi connectivity index (χ3v) is 8.09. The lowest BCUT2D eigenvalue weighted by molar-refractivity contribution is -0.122. The van der Waals surface area contributed by atoms with Crippen LogP contribution in [0.15, 0.2) is 0 Å². The van der Waals surface area contributed by atoms with Crippen LogP contribution in [0.3, 0.4) is 0 Å². The molecule has 4 unspecified atom stereocenters. The van der Waals surface area contributed by atoms with Gasteiger partial charge >= 0.3 is 0 Å². The SMILES string of the molecule is CC(CCCC(C)CC(=O)NCCCOCCOCCOCCCN)CCC1C(C)CCCC1(C)C. The molecule has 36 heavy (non-hydrogen) atoms. The molecule has 1 saturated carbocycles. The van der Waals surface area contributed by atoms with Gasteiger partial charge in [-0.15, -0.1) is 0 Å². The predicted molar refractivity (Wildman–Crippen MR) is 150 cm³/mol. The molecular weight excluding hydrogens is 452 g/mol. The molecule has 0 aromatic carbocycles. The van der Waals surface area contributed by atoms with Crippen molar-refractivity contribution in [3.05, 3.63) is 0 Å². The monoisotopic (exact) mass is 512 g/mol. The zero-order valence-electron chi connectivity index (χ0n) is 24.5. The van der Waals surface area contributed by atoms with E-state index < -0.39 is 0 Å². The molecule has 0 spiro atoms. The second kappa shape index (κ2) is 20.3. The van der Waals surface area contributed by atoms with Gasteiger partial charge in [0.1, 0.15) is 0 Å². The Balaban J connectivity index is 1.95. The summed E-state index contributed by atoms with van der Waals surface area (Å²) in [6, 6.07) is 0. The number of carbonyl (C=O) groups is 1. The van der Waals surface area contributed by atoms with E-state index in [0.29, 0.717) is 70.5 Å². The Labute approximate surface area is 223 Å². The minimum Gasteiger partial charge on any atom is -0.379 e. The number of nitrogens with one attached hydrogen (secondary N) is 1. The van der Waals surface area contributed by atoms with Gasteiger partial charge in [0.05, 0.1) is 26.4 Å². The van der Waals surface area contributed by atoms with Crippen molar-refractivity contribution in [3.8, 4) is 0 Å². The smallest absolute Gasteiger partial charge is 0.220 e. The molecule has 0 aromatic heterocycles. The van der Waals surface area contributed by atoms with Gasteiger partial charge in [-0.3, -0.25) is 4.79 Å². The van der Waals surface area contributed by atoms with E-state index in [1.54, 1.807) is 0 Å². The first-order valence-corrected chi connectivity index (χ1v) is 15.0. The third-order valence-electron chi connectivity index (χ3n) is 8.09. The van der Waals surface area contributed by atoms with Gasteiger partial charge in [-0.2, -0.15) is 0 Å². The van der Waals surface area contributed by atoms with E-state index in [1.165, 1.54) is 44.9 Å². The van der Waals surface area contributed by atoms with Gasteiger partial charge in [0.15, 0.2) is 0 Å². The van der Waals surface area contributed by atoms with Crippen molar-refractivity contribution >= 4 is 5.91 Å². The molecule has 0 saturated heterocycles. The van der Waals surface area contributed by atoms with Crippen molar-refractivity contribution in [3.63, 3.8) is 0 Å². The van der Waals surface area contributed by atoms with Gasteiger partial charge in [-0.1, -0.05) is 73.1 Å². The normalized spacial score (nSPS) is 21.3. The van der Waals surface area contributed by atoms with Crippen LogP contribution in [0.2, 0.25) is 0 Å². The van der Waals surface area contributed by atoms with Crippen LogP contribution in [0.25, 0.3) is 0 Å². The number of hydrogen-bond donors (Lipinski definition) is 2. The Morgan fingerprint density at radius 2 is 1.53 bits per heavy atom. The van der Waals surface area contributed by atoms with Gasteiger partial charge in [-0.25, -0.2) is 0 Å². The number of carbonyl (C=O) groups excluding carboxylic acids is 1. The lowest BCUT2D eigenvalue weighted by Gasteiger charge is -2.43. The van der Waals surface area contributed by atoms with Crippen LogP contribution in [0.1, 0.15) is 105 Å². The number of hydrogen-bond acceptors (Lipinski definition) is 5. The molecule has 0 heterocycles. The van der Waals surface area contributed by atoms with Crippen LogP contribution in [0.5, 0.6) is 0 Å². The molecule has 6 heteroatoms. The molecule has 1 aliphatic rings. The fraction of sp³-hybridized carbons (Fsp3) is 0.967. The van der Waals surface area contributed by atoms with Gasteiger partial charge in [0, 0.05) is 26.2 Å². The fourth-order valence-corrected chi connectivity index (χ4v) is 5.75. The lowest BCUT2D eigenvalue weighted by Crippen LogP contribution is -2.33. The second-order valence-electron chi connectivity index (χ2n) is 12.1. The summed E-state index contributed by atoms with van der Waals surface area (Å²) in [4.78, 5) is 12.2. The van der Waals surface area contributed by atoms with Crippen molar-refractivity contribution < 1.29 is 19.0 Å². The number of amides is 1. The summed E-state index contributed by atoms with van der Waals surface area (Å²) in [6.07, 6.45) is 13.0. The minimum absolute atomic E-state index is 0.169. The zero-order valence-corrected chi connectivity index (χ0v) is 24.5. The van der Waals surface area contributed by atoms with Crippen molar-refractivity contribution in [1.82, 2.24) is 5.32 Å². The summed E-state index contributed by atoms with van der Waals surface area (Å²) in [5, 5.41) is 3.04. The Kier molecular flexibility index (Phi) is 18.8. The molecule has 0 radical (unpaired) electrons. The number of ether oxygens (including phenoxy) is 3. The largest absolute Gasteiger partial charge is 0.379 e. The summed E-state index contributed by atoms with van der Waals surface area (Å²) >= 11 is 0. The second-order valence-corrected chi connectivity index (χ2v) is 12.1. The molecule has 1 amide bonds. The summed E-state index contributed by atoms with van der Waals surface area (Å²) in [5.74, 6) is 3.16. The highest BCUT2D eigenvalue weighted by Crippen LogP contribution is 2.46. The predicted octanol–water partition coefficient (Wildman–Crippen LogP) is 5.97. The molecule has 1 rings (SSSR count). The Bertz CT molecular complexity index is 543. The molecule has 6 nitrogen and oxygen atoms in total. The molecule has 0 aliphatic heterocycles. The van der Waals surface area contributed by atoms with Crippen molar-refractivity contribution in [2.75, 3.05) is 52.7 Å². The van der Waals surface area contributed by atoms with Crippen LogP contribution < -0.4 is 11.1 Å². The van der Waals surface area contributed by atoms with Crippen LogP contribution in [0.4, 0.5) is 0 Å². The first-order valence-electron chi connectivity index (χ1n) is 15.0. The average molecular weight is 513 g/mol. The van der Waals surface area contributed by atoms with E-state index in [4.69, 9.17) is 19.9 Å². The average Bonchev–Trinajstić information content (AvgIpc) is 2.81. The quantitative estimate of drug-likeness (QED) is 0.175. The maximum atomic E-state index is 12.2. The maximum absolute atomic E-state index is 12.2.